The second-order valence-corrected chi connectivity index (χ2v) is 3.53. The average Bonchev–Trinajstić information content (AvgIpc) is 2.35. The zero-order valence-electron chi connectivity index (χ0n) is 8.92. The van der Waals surface area contributed by atoms with Crippen LogP contribution in [0, 0.1) is 21.4 Å². The topological polar surface area (TPSA) is 85.4 Å². The number of benzene rings is 1. The van der Waals surface area contributed by atoms with E-state index in [-0.39, 0.29) is 18.0 Å². The molecular formula is C10H9ClN2O4. The van der Waals surface area contributed by atoms with Crippen molar-refractivity contribution in [2.75, 3.05) is 13.7 Å². The predicted octanol–water partition coefficient (Wildman–Crippen LogP) is 2.11. The van der Waals surface area contributed by atoms with Crippen molar-refractivity contribution in [2.45, 2.75) is 5.38 Å². The van der Waals surface area contributed by atoms with Crippen molar-refractivity contribution in [3.05, 3.63) is 28.3 Å². The van der Waals surface area contributed by atoms with E-state index in [1.807, 2.05) is 0 Å². The van der Waals surface area contributed by atoms with E-state index in [1.54, 1.807) is 6.07 Å². The van der Waals surface area contributed by atoms with Gasteiger partial charge in [0.05, 0.1) is 24.2 Å². The Bertz CT molecular complexity index is 458. The van der Waals surface area contributed by atoms with Gasteiger partial charge in [0.1, 0.15) is 6.61 Å². The first-order chi connectivity index (χ1) is 8.08. The molecular weight excluding hydrogens is 248 g/mol. The van der Waals surface area contributed by atoms with Gasteiger partial charge in [-0.1, -0.05) is 0 Å². The fourth-order valence-electron chi connectivity index (χ4n) is 1.09. The molecule has 17 heavy (non-hydrogen) atoms. The van der Waals surface area contributed by atoms with E-state index in [4.69, 9.17) is 26.3 Å². The largest absolute Gasteiger partial charge is 0.493 e. The Morgan fingerprint density at radius 2 is 2.29 bits per heavy atom. The molecule has 1 aromatic rings. The number of nitriles is 1. The molecule has 0 spiro atoms. The minimum atomic E-state index is -0.783. The smallest absolute Gasteiger partial charge is 0.273 e. The summed E-state index contributed by atoms with van der Waals surface area (Å²) < 4.78 is 10.2. The number of alkyl halides is 1. The lowest BCUT2D eigenvalue weighted by molar-refractivity contribution is -0.384. The van der Waals surface area contributed by atoms with Crippen LogP contribution in [0.2, 0.25) is 0 Å². The van der Waals surface area contributed by atoms with Crippen LogP contribution in [0.3, 0.4) is 0 Å². The summed E-state index contributed by atoms with van der Waals surface area (Å²) in [6.45, 7) is -0.0216. The van der Waals surface area contributed by atoms with E-state index in [2.05, 4.69) is 0 Å². The van der Waals surface area contributed by atoms with Gasteiger partial charge in [-0.25, -0.2) is 0 Å². The van der Waals surface area contributed by atoms with Crippen LogP contribution in [-0.4, -0.2) is 24.0 Å². The van der Waals surface area contributed by atoms with Crippen LogP contribution in [0.5, 0.6) is 11.5 Å². The Morgan fingerprint density at radius 1 is 1.59 bits per heavy atom. The third-order valence-electron chi connectivity index (χ3n) is 1.88. The average molecular weight is 257 g/mol. The Balaban J connectivity index is 2.86. The van der Waals surface area contributed by atoms with E-state index in [0.717, 1.165) is 0 Å². The molecule has 0 aromatic heterocycles. The van der Waals surface area contributed by atoms with Gasteiger partial charge < -0.3 is 9.47 Å². The van der Waals surface area contributed by atoms with Crippen LogP contribution in [0.25, 0.3) is 0 Å². The highest BCUT2D eigenvalue weighted by molar-refractivity contribution is 6.22. The minimum absolute atomic E-state index is 0.0216. The van der Waals surface area contributed by atoms with Gasteiger partial charge in [-0.2, -0.15) is 5.26 Å². The van der Waals surface area contributed by atoms with Gasteiger partial charge in [-0.15, -0.1) is 11.6 Å². The summed E-state index contributed by atoms with van der Waals surface area (Å²) in [4.78, 5) is 10.0. The number of rotatable bonds is 5. The fourth-order valence-corrected chi connectivity index (χ4v) is 1.15. The molecule has 0 heterocycles. The van der Waals surface area contributed by atoms with Gasteiger partial charge in [0, 0.05) is 6.07 Å². The first-order valence-corrected chi connectivity index (χ1v) is 5.01. The first kappa shape index (κ1) is 13.1. The van der Waals surface area contributed by atoms with Crippen LogP contribution in [0.15, 0.2) is 18.2 Å². The quantitative estimate of drug-likeness (QED) is 0.457. The Labute approximate surface area is 102 Å². The molecule has 6 nitrogen and oxygen atoms in total. The maximum atomic E-state index is 10.5. The zero-order valence-corrected chi connectivity index (χ0v) is 9.68. The number of hydrogen-bond acceptors (Lipinski definition) is 5. The van der Waals surface area contributed by atoms with Gasteiger partial charge in [-0.05, 0) is 6.07 Å². The van der Waals surface area contributed by atoms with Crippen LogP contribution in [-0.2, 0) is 0 Å². The normalized spacial score (nSPS) is 11.4. The molecule has 0 N–H and O–H groups in total. The number of non-ortho nitro benzene ring substituents is 1. The minimum Gasteiger partial charge on any atom is -0.493 e. The van der Waals surface area contributed by atoms with E-state index in [0.29, 0.717) is 5.75 Å². The summed E-state index contributed by atoms with van der Waals surface area (Å²) in [6.07, 6.45) is 0. The maximum absolute atomic E-state index is 10.5. The number of halogens is 1. The summed E-state index contributed by atoms with van der Waals surface area (Å²) in [5.41, 5.74) is -0.100. The lowest BCUT2D eigenvalue weighted by Crippen LogP contribution is -2.09. The van der Waals surface area contributed by atoms with Crippen molar-refractivity contribution in [2.24, 2.45) is 0 Å². The van der Waals surface area contributed by atoms with Crippen LogP contribution >= 0.6 is 11.6 Å². The highest BCUT2D eigenvalue weighted by Crippen LogP contribution is 2.31. The second kappa shape index (κ2) is 5.92. The lowest BCUT2D eigenvalue weighted by atomic mass is 10.3. The van der Waals surface area contributed by atoms with Crippen LogP contribution < -0.4 is 9.47 Å². The molecule has 0 saturated carbocycles. The van der Waals surface area contributed by atoms with Crippen LogP contribution in [0.4, 0.5) is 5.69 Å². The number of nitro benzene ring substituents is 1. The molecule has 0 aliphatic rings. The SMILES string of the molecule is COc1cc([N+](=O)[O-])ccc1OCC(Cl)C#N. The highest BCUT2D eigenvalue weighted by atomic mass is 35.5. The number of nitrogens with zero attached hydrogens (tertiary/aromatic N) is 2. The molecule has 0 bridgehead atoms. The Morgan fingerprint density at radius 3 is 2.82 bits per heavy atom. The van der Waals surface area contributed by atoms with Crippen LogP contribution in [0.1, 0.15) is 0 Å². The Hall–Kier alpha value is -2.00. The van der Waals surface area contributed by atoms with E-state index >= 15 is 0 Å². The summed E-state index contributed by atoms with van der Waals surface area (Å²) in [5.74, 6) is 0.528. The molecule has 7 heteroatoms. The lowest BCUT2D eigenvalue weighted by Gasteiger charge is -2.10. The predicted molar refractivity (Wildman–Crippen MR) is 60.4 cm³/mol. The monoisotopic (exact) mass is 256 g/mol. The molecule has 1 atom stereocenters. The molecule has 0 saturated heterocycles. The molecule has 0 fully saturated rings. The Kier molecular flexibility index (Phi) is 4.55. The molecule has 0 amide bonds. The summed E-state index contributed by atoms with van der Waals surface area (Å²) in [5, 5.41) is 18.2. The number of methoxy groups -OCH3 is 1. The number of hydrogen-bond donors (Lipinski definition) is 0. The van der Waals surface area contributed by atoms with Crippen molar-refractivity contribution >= 4 is 17.3 Å². The van der Waals surface area contributed by atoms with Crippen molar-refractivity contribution in [3.63, 3.8) is 0 Å². The van der Waals surface area contributed by atoms with Gasteiger partial charge in [-0.3, -0.25) is 10.1 Å². The van der Waals surface area contributed by atoms with Gasteiger partial charge in [0.2, 0.25) is 0 Å². The third-order valence-corrected chi connectivity index (χ3v) is 2.11. The van der Waals surface area contributed by atoms with Crippen molar-refractivity contribution in [3.8, 4) is 17.6 Å². The number of ether oxygens (including phenoxy) is 2. The van der Waals surface area contributed by atoms with E-state index < -0.39 is 10.3 Å². The summed E-state index contributed by atoms with van der Waals surface area (Å²) in [7, 11) is 1.37. The first-order valence-electron chi connectivity index (χ1n) is 4.57. The second-order valence-electron chi connectivity index (χ2n) is 3.00. The fraction of sp³-hybridized carbons (Fsp3) is 0.300. The molecule has 1 unspecified atom stereocenters. The highest BCUT2D eigenvalue weighted by Gasteiger charge is 2.13. The van der Waals surface area contributed by atoms with Crippen molar-refractivity contribution in [1.29, 1.82) is 5.26 Å². The molecule has 0 aliphatic heterocycles. The maximum Gasteiger partial charge on any atom is 0.273 e. The molecule has 0 radical (unpaired) electrons. The summed E-state index contributed by atoms with van der Waals surface area (Å²) >= 11 is 5.56. The van der Waals surface area contributed by atoms with Gasteiger partial charge >= 0.3 is 0 Å². The van der Waals surface area contributed by atoms with Gasteiger partial charge in [0.15, 0.2) is 16.9 Å². The van der Waals surface area contributed by atoms with Gasteiger partial charge in [0.25, 0.3) is 5.69 Å². The van der Waals surface area contributed by atoms with E-state index in [9.17, 15) is 10.1 Å². The van der Waals surface area contributed by atoms with Crippen molar-refractivity contribution in [1.82, 2.24) is 0 Å². The standard InChI is InChI=1S/C10H9ClN2O4/c1-16-10-4-8(13(14)15)2-3-9(10)17-6-7(11)5-12/h2-4,7H,6H2,1H3. The molecule has 1 aromatic carbocycles. The third kappa shape index (κ3) is 3.50. The zero-order chi connectivity index (χ0) is 12.8. The summed E-state index contributed by atoms with van der Waals surface area (Å²) in [6, 6.07) is 5.72. The molecule has 0 aliphatic carbocycles. The van der Waals surface area contributed by atoms with Crippen molar-refractivity contribution < 1.29 is 14.4 Å². The molecule has 1 rings (SSSR count). The number of nitro groups is 1. The molecule has 90 valence electrons. The van der Waals surface area contributed by atoms with E-state index in [1.165, 1.54) is 25.3 Å².